The molecular formula is C12H11NO. The van der Waals surface area contributed by atoms with Crippen LogP contribution < -0.4 is 0 Å². The van der Waals surface area contributed by atoms with Gasteiger partial charge in [-0.1, -0.05) is 17.7 Å². The fourth-order valence-electron chi connectivity index (χ4n) is 1.14. The van der Waals surface area contributed by atoms with Gasteiger partial charge in [-0.25, -0.2) is 0 Å². The molecule has 1 aromatic rings. The lowest BCUT2D eigenvalue weighted by Gasteiger charge is -1.98. The highest BCUT2D eigenvalue weighted by Crippen LogP contribution is 2.09. The minimum atomic E-state index is -0.109. The lowest BCUT2D eigenvalue weighted by Crippen LogP contribution is -1.98. The van der Waals surface area contributed by atoms with Gasteiger partial charge in [-0.3, -0.25) is 4.79 Å². The van der Waals surface area contributed by atoms with Gasteiger partial charge in [-0.15, -0.1) is 0 Å². The summed E-state index contributed by atoms with van der Waals surface area (Å²) in [5, 5.41) is 8.78. The number of hydrogen-bond acceptors (Lipinski definition) is 2. The zero-order chi connectivity index (χ0) is 10.6. The van der Waals surface area contributed by atoms with Gasteiger partial charge in [0.05, 0.1) is 11.6 Å². The number of nitrogens with zero attached hydrogens (tertiary/aromatic N) is 1. The standard InChI is InChI=1S/C12H11NO/c1-9(2)7-12(14)11-6-4-3-5-10(11)8-13/h3-7H,1-2H3. The van der Waals surface area contributed by atoms with Crippen LogP contribution in [-0.4, -0.2) is 5.78 Å². The highest BCUT2D eigenvalue weighted by Gasteiger charge is 2.07. The molecule has 70 valence electrons. The van der Waals surface area contributed by atoms with Crippen LogP contribution in [0, 0.1) is 11.3 Å². The molecule has 0 N–H and O–H groups in total. The summed E-state index contributed by atoms with van der Waals surface area (Å²) in [4.78, 5) is 11.6. The monoisotopic (exact) mass is 185 g/mol. The van der Waals surface area contributed by atoms with Crippen molar-refractivity contribution in [3.63, 3.8) is 0 Å². The molecule has 0 aliphatic carbocycles. The quantitative estimate of drug-likeness (QED) is 0.525. The molecule has 0 aromatic heterocycles. The van der Waals surface area contributed by atoms with Gasteiger partial charge in [0.2, 0.25) is 0 Å². The van der Waals surface area contributed by atoms with Crippen LogP contribution in [-0.2, 0) is 0 Å². The van der Waals surface area contributed by atoms with E-state index < -0.39 is 0 Å². The molecule has 0 bridgehead atoms. The number of benzene rings is 1. The average molecular weight is 185 g/mol. The first-order valence-electron chi connectivity index (χ1n) is 4.33. The zero-order valence-corrected chi connectivity index (χ0v) is 8.24. The zero-order valence-electron chi connectivity index (χ0n) is 8.24. The lowest BCUT2D eigenvalue weighted by molar-refractivity contribution is 0.104. The van der Waals surface area contributed by atoms with E-state index in [0.29, 0.717) is 11.1 Å². The Hall–Kier alpha value is -1.88. The number of carbonyl (C=O) groups excluding carboxylic acids is 1. The molecule has 0 spiro atoms. The van der Waals surface area contributed by atoms with Crippen LogP contribution in [0.1, 0.15) is 29.8 Å². The molecule has 1 rings (SSSR count). The minimum Gasteiger partial charge on any atom is -0.289 e. The summed E-state index contributed by atoms with van der Waals surface area (Å²) in [6.45, 7) is 3.71. The van der Waals surface area contributed by atoms with Crippen LogP contribution in [0.15, 0.2) is 35.9 Å². The first-order chi connectivity index (χ1) is 6.65. The van der Waals surface area contributed by atoms with Gasteiger partial charge in [-0.2, -0.15) is 5.26 Å². The van der Waals surface area contributed by atoms with E-state index in [9.17, 15) is 4.79 Å². The van der Waals surface area contributed by atoms with Crippen molar-refractivity contribution in [2.75, 3.05) is 0 Å². The van der Waals surface area contributed by atoms with E-state index in [4.69, 9.17) is 5.26 Å². The van der Waals surface area contributed by atoms with E-state index in [2.05, 4.69) is 0 Å². The van der Waals surface area contributed by atoms with E-state index in [1.54, 1.807) is 24.3 Å². The minimum absolute atomic E-state index is 0.109. The molecule has 14 heavy (non-hydrogen) atoms. The van der Waals surface area contributed by atoms with Crippen LogP contribution in [0.2, 0.25) is 0 Å². The molecule has 0 atom stereocenters. The molecule has 0 aliphatic heterocycles. The lowest BCUT2D eigenvalue weighted by atomic mass is 10.0. The van der Waals surface area contributed by atoms with E-state index in [1.807, 2.05) is 19.9 Å². The molecule has 1 aromatic carbocycles. The first-order valence-corrected chi connectivity index (χ1v) is 4.33. The van der Waals surface area contributed by atoms with Gasteiger partial charge in [0, 0.05) is 5.56 Å². The smallest absolute Gasteiger partial charge is 0.187 e. The highest BCUT2D eigenvalue weighted by atomic mass is 16.1. The number of carbonyl (C=O) groups is 1. The van der Waals surface area contributed by atoms with Crippen molar-refractivity contribution < 1.29 is 4.79 Å². The van der Waals surface area contributed by atoms with E-state index in [0.717, 1.165) is 5.57 Å². The highest BCUT2D eigenvalue weighted by molar-refractivity contribution is 6.06. The van der Waals surface area contributed by atoms with Crippen LogP contribution in [0.25, 0.3) is 0 Å². The molecule has 0 saturated carbocycles. The van der Waals surface area contributed by atoms with Crippen molar-refractivity contribution in [3.8, 4) is 6.07 Å². The molecule has 0 aliphatic rings. The van der Waals surface area contributed by atoms with Gasteiger partial charge in [0.25, 0.3) is 0 Å². The summed E-state index contributed by atoms with van der Waals surface area (Å²) in [7, 11) is 0. The fourth-order valence-corrected chi connectivity index (χ4v) is 1.14. The van der Waals surface area contributed by atoms with E-state index in [1.165, 1.54) is 6.08 Å². The summed E-state index contributed by atoms with van der Waals surface area (Å²) in [5.74, 6) is -0.109. The number of nitriles is 1. The third kappa shape index (κ3) is 2.30. The summed E-state index contributed by atoms with van der Waals surface area (Å²) in [5.41, 5.74) is 1.83. The molecule has 0 unspecified atom stereocenters. The average Bonchev–Trinajstić information content (AvgIpc) is 2.16. The molecule has 0 radical (unpaired) electrons. The van der Waals surface area contributed by atoms with E-state index >= 15 is 0 Å². The van der Waals surface area contributed by atoms with Gasteiger partial charge in [-0.05, 0) is 32.1 Å². The SMILES string of the molecule is CC(C)=CC(=O)c1ccccc1C#N. The van der Waals surface area contributed by atoms with Crippen molar-refractivity contribution in [2.24, 2.45) is 0 Å². The third-order valence-electron chi connectivity index (χ3n) is 1.73. The van der Waals surface area contributed by atoms with Crippen LogP contribution in [0.3, 0.4) is 0 Å². The Morgan fingerprint density at radius 3 is 2.57 bits per heavy atom. The molecule has 0 saturated heterocycles. The molecule has 0 fully saturated rings. The van der Waals surface area contributed by atoms with Crippen molar-refractivity contribution >= 4 is 5.78 Å². The third-order valence-corrected chi connectivity index (χ3v) is 1.73. The Balaban J connectivity index is 3.14. The van der Waals surface area contributed by atoms with Crippen molar-refractivity contribution in [3.05, 3.63) is 47.0 Å². The predicted molar refractivity (Wildman–Crippen MR) is 54.9 cm³/mol. The maximum absolute atomic E-state index is 11.6. The number of allylic oxidation sites excluding steroid dienone is 2. The largest absolute Gasteiger partial charge is 0.289 e. The maximum Gasteiger partial charge on any atom is 0.187 e. The summed E-state index contributed by atoms with van der Waals surface area (Å²) in [6.07, 6.45) is 1.54. The Bertz CT molecular complexity index is 420. The van der Waals surface area contributed by atoms with Gasteiger partial charge in [0.15, 0.2) is 5.78 Å². The molecule has 2 nitrogen and oxygen atoms in total. The van der Waals surface area contributed by atoms with Crippen LogP contribution in [0.4, 0.5) is 0 Å². The maximum atomic E-state index is 11.6. The second-order valence-electron chi connectivity index (χ2n) is 3.24. The number of hydrogen-bond donors (Lipinski definition) is 0. The summed E-state index contributed by atoms with van der Waals surface area (Å²) >= 11 is 0. The predicted octanol–water partition coefficient (Wildman–Crippen LogP) is 2.71. The fraction of sp³-hybridized carbons (Fsp3) is 0.167. The second kappa shape index (κ2) is 4.38. The van der Waals surface area contributed by atoms with Crippen molar-refractivity contribution in [1.82, 2.24) is 0 Å². The normalized spacial score (nSPS) is 8.93. The summed E-state index contributed by atoms with van der Waals surface area (Å²) < 4.78 is 0. The Morgan fingerprint density at radius 1 is 1.36 bits per heavy atom. The molecule has 2 heteroatoms. The number of ketones is 1. The Kier molecular flexibility index (Phi) is 3.19. The second-order valence-corrected chi connectivity index (χ2v) is 3.24. The Labute approximate surface area is 83.5 Å². The van der Waals surface area contributed by atoms with Crippen molar-refractivity contribution in [2.45, 2.75) is 13.8 Å². The number of rotatable bonds is 2. The summed E-state index contributed by atoms with van der Waals surface area (Å²) in [6, 6.07) is 8.82. The molecular weight excluding hydrogens is 174 g/mol. The Morgan fingerprint density at radius 2 is 2.00 bits per heavy atom. The van der Waals surface area contributed by atoms with Gasteiger partial charge >= 0.3 is 0 Å². The molecule has 0 heterocycles. The molecule has 0 amide bonds. The topological polar surface area (TPSA) is 40.9 Å². The van der Waals surface area contributed by atoms with Crippen LogP contribution >= 0.6 is 0 Å². The van der Waals surface area contributed by atoms with E-state index in [-0.39, 0.29) is 5.78 Å². The van der Waals surface area contributed by atoms with Gasteiger partial charge in [0.1, 0.15) is 0 Å². The van der Waals surface area contributed by atoms with Gasteiger partial charge < -0.3 is 0 Å². The van der Waals surface area contributed by atoms with Crippen molar-refractivity contribution in [1.29, 1.82) is 5.26 Å². The first kappa shape index (κ1) is 10.2. The van der Waals surface area contributed by atoms with Crippen LogP contribution in [0.5, 0.6) is 0 Å².